The Morgan fingerprint density at radius 1 is 1.04 bits per heavy atom. The SMILES string of the molecule is COc1ccc(-c2nnn([C@@H]3C[C@H]4C(=O)N[C@@]5(C(=O)NS(=O)(=O)c6cccs6)C[C@H]5/C=C\CCCCC[C@@H](NC(=O)OC5CCCC5)C(=O)N4C3)n2)cc1. The van der Waals surface area contributed by atoms with Crippen LogP contribution in [0.5, 0.6) is 5.75 Å². The van der Waals surface area contributed by atoms with Gasteiger partial charge in [0.1, 0.15) is 33.7 Å². The average molecular weight is 781 g/mol. The first kappa shape index (κ1) is 37.5. The van der Waals surface area contributed by atoms with Gasteiger partial charge in [-0.3, -0.25) is 14.4 Å². The molecule has 288 valence electrons. The second-order valence-electron chi connectivity index (χ2n) is 14.3. The summed E-state index contributed by atoms with van der Waals surface area (Å²) in [6, 6.07) is 7.41. The molecule has 4 heterocycles. The highest BCUT2D eigenvalue weighted by atomic mass is 32.2. The van der Waals surface area contributed by atoms with Crippen LogP contribution in [0.4, 0.5) is 4.79 Å². The Balaban J connectivity index is 1.17. The molecular weight excluding hydrogens is 737 g/mol. The van der Waals surface area contributed by atoms with Gasteiger partial charge in [0.2, 0.25) is 17.6 Å². The quantitative estimate of drug-likeness (QED) is 0.283. The maximum absolute atomic E-state index is 14.5. The van der Waals surface area contributed by atoms with Crippen molar-refractivity contribution in [3.8, 4) is 17.1 Å². The average Bonchev–Trinajstić information content (AvgIpc) is 3.83. The number of fused-ring (bicyclic) bond motifs is 2. The molecule has 2 saturated carbocycles. The van der Waals surface area contributed by atoms with Gasteiger partial charge >= 0.3 is 6.09 Å². The third-order valence-electron chi connectivity index (χ3n) is 10.6. The number of amides is 4. The number of methoxy groups -OCH3 is 1. The van der Waals surface area contributed by atoms with Crippen LogP contribution in [0.25, 0.3) is 11.4 Å². The predicted octanol–water partition coefficient (Wildman–Crippen LogP) is 3.49. The van der Waals surface area contributed by atoms with Crippen LogP contribution in [0.15, 0.2) is 58.1 Å². The van der Waals surface area contributed by atoms with Crippen molar-refractivity contribution in [3.63, 3.8) is 0 Å². The molecule has 2 aliphatic carbocycles. The molecular formula is C36H44N8O8S2. The third-order valence-corrected chi connectivity index (χ3v) is 13.3. The van der Waals surface area contributed by atoms with E-state index in [0.717, 1.165) is 49.9 Å². The van der Waals surface area contributed by atoms with Crippen LogP contribution in [0.3, 0.4) is 0 Å². The minimum absolute atomic E-state index is 0.0144. The summed E-state index contributed by atoms with van der Waals surface area (Å²) in [6.07, 6.45) is 9.83. The first-order valence-electron chi connectivity index (χ1n) is 18.4. The number of carbonyl (C=O) groups excluding carboxylic acids is 4. The molecule has 16 nitrogen and oxygen atoms in total. The minimum atomic E-state index is -4.19. The Bertz CT molecular complexity index is 1980. The van der Waals surface area contributed by atoms with Gasteiger partial charge in [0.15, 0.2) is 0 Å². The molecule has 1 saturated heterocycles. The number of nitrogens with one attached hydrogen (secondary N) is 3. The molecule has 3 fully saturated rings. The molecule has 5 atom stereocenters. The molecule has 7 rings (SSSR count). The van der Waals surface area contributed by atoms with E-state index in [4.69, 9.17) is 9.47 Å². The Morgan fingerprint density at radius 2 is 1.81 bits per heavy atom. The number of ether oxygens (including phenoxy) is 2. The molecule has 4 aliphatic rings. The van der Waals surface area contributed by atoms with Crippen molar-refractivity contribution in [2.75, 3.05) is 13.7 Å². The normalized spacial score (nSPS) is 27.1. The lowest BCUT2D eigenvalue weighted by Gasteiger charge is -2.30. The molecule has 0 spiro atoms. The van der Waals surface area contributed by atoms with Gasteiger partial charge in [-0.05, 0) is 92.3 Å². The minimum Gasteiger partial charge on any atom is -0.497 e. The number of benzene rings is 1. The number of allylic oxidation sites excluding steroid dienone is 1. The fourth-order valence-corrected chi connectivity index (χ4v) is 9.54. The molecule has 54 heavy (non-hydrogen) atoms. The lowest BCUT2D eigenvalue weighted by Crippen LogP contribution is -2.58. The third kappa shape index (κ3) is 8.13. The number of alkyl carbamates (subject to hydrolysis) is 1. The summed E-state index contributed by atoms with van der Waals surface area (Å²) < 4.78 is 39.3. The van der Waals surface area contributed by atoms with Crippen LogP contribution >= 0.6 is 11.3 Å². The summed E-state index contributed by atoms with van der Waals surface area (Å²) in [6.45, 7) is 0.0144. The predicted molar refractivity (Wildman–Crippen MR) is 195 cm³/mol. The van der Waals surface area contributed by atoms with Crippen LogP contribution < -0.4 is 20.1 Å². The Kier molecular flexibility index (Phi) is 11.0. The number of hydrogen-bond donors (Lipinski definition) is 3. The zero-order chi connectivity index (χ0) is 37.9. The smallest absolute Gasteiger partial charge is 0.408 e. The number of aromatic nitrogens is 4. The number of hydrogen-bond acceptors (Lipinski definition) is 12. The van der Waals surface area contributed by atoms with Crippen LogP contribution in [0, 0.1) is 5.92 Å². The number of sulfonamides is 1. The van der Waals surface area contributed by atoms with E-state index in [1.807, 2.05) is 12.2 Å². The van der Waals surface area contributed by atoms with Crippen molar-refractivity contribution in [1.29, 1.82) is 0 Å². The van der Waals surface area contributed by atoms with Crippen molar-refractivity contribution in [2.45, 2.75) is 105 Å². The molecule has 3 aromatic rings. The topological polar surface area (TPSA) is 204 Å². The van der Waals surface area contributed by atoms with Crippen molar-refractivity contribution in [2.24, 2.45) is 5.92 Å². The first-order valence-corrected chi connectivity index (χ1v) is 20.7. The highest BCUT2D eigenvalue weighted by Crippen LogP contribution is 2.46. The molecule has 0 unspecified atom stereocenters. The first-order chi connectivity index (χ1) is 26.1. The maximum atomic E-state index is 14.5. The van der Waals surface area contributed by atoms with E-state index in [1.54, 1.807) is 42.8 Å². The molecule has 3 N–H and O–H groups in total. The van der Waals surface area contributed by atoms with Crippen LogP contribution in [-0.2, 0) is 29.1 Å². The summed E-state index contributed by atoms with van der Waals surface area (Å²) >= 11 is 0.970. The molecule has 4 amide bonds. The second-order valence-corrected chi connectivity index (χ2v) is 17.1. The van der Waals surface area contributed by atoms with E-state index in [1.165, 1.54) is 15.8 Å². The fraction of sp³-hybridized carbons (Fsp3) is 0.528. The Hall–Kier alpha value is -4.84. The van der Waals surface area contributed by atoms with E-state index < -0.39 is 63.4 Å². The van der Waals surface area contributed by atoms with Crippen LogP contribution in [-0.4, -0.2) is 94.7 Å². The van der Waals surface area contributed by atoms with Gasteiger partial charge in [-0.1, -0.05) is 31.1 Å². The van der Waals surface area contributed by atoms with E-state index in [9.17, 15) is 27.6 Å². The van der Waals surface area contributed by atoms with Crippen molar-refractivity contribution in [3.05, 3.63) is 53.9 Å². The van der Waals surface area contributed by atoms with Gasteiger partial charge < -0.3 is 25.0 Å². The standard InChI is InChI=1S/C36H44N8O8S2/c1-51-26-17-15-23(16-18-26)31-39-42-44(40-31)25-20-29-32(45)38-36(34(47)41-54(49,50)30-14-9-19-53-30)21-24(36)10-5-3-2-4-6-13-28(33(46)43(29)22-25)37-35(48)52-27-11-7-8-12-27/h5,9-10,14-19,24-25,27-29H,2-4,6-8,11-13,20-22H2,1H3,(H,37,48)(H,38,45)(H,41,47)/b10-5-/t24-,25-,28-,29+,36+/m1/s1. The number of rotatable bonds is 8. The molecule has 2 aromatic heterocycles. The van der Waals surface area contributed by atoms with Gasteiger partial charge in [0, 0.05) is 24.4 Å². The maximum Gasteiger partial charge on any atom is 0.408 e. The number of carbonyl (C=O) groups is 4. The zero-order valence-corrected chi connectivity index (χ0v) is 31.5. The Morgan fingerprint density at radius 3 is 2.56 bits per heavy atom. The summed E-state index contributed by atoms with van der Waals surface area (Å²) in [4.78, 5) is 58.6. The summed E-state index contributed by atoms with van der Waals surface area (Å²) in [5, 5.41) is 20.3. The van der Waals surface area contributed by atoms with Crippen molar-refractivity contribution >= 4 is 45.2 Å². The number of nitrogens with zero attached hydrogens (tertiary/aromatic N) is 5. The molecule has 0 bridgehead atoms. The van der Waals surface area contributed by atoms with Gasteiger partial charge in [-0.25, -0.2) is 17.9 Å². The molecule has 0 radical (unpaired) electrons. The molecule has 1 aromatic carbocycles. The zero-order valence-electron chi connectivity index (χ0n) is 29.9. The lowest BCUT2D eigenvalue weighted by molar-refractivity contribution is -0.141. The fourth-order valence-electron chi connectivity index (χ4n) is 7.51. The summed E-state index contributed by atoms with van der Waals surface area (Å²) in [5.74, 6) is -1.43. The number of thiophene rings is 1. The van der Waals surface area contributed by atoms with Gasteiger partial charge in [0.25, 0.3) is 15.9 Å². The monoisotopic (exact) mass is 780 g/mol. The Labute approximate surface area is 317 Å². The van der Waals surface area contributed by atoms with Gasteiger partial charge in [-0.15, -0.1) is 21.5 Å². The van der Waals surface area contributed by atoms with Crippen LogP contribution in [0.1, 0.15) is 76.7 Å². The van der Waals surface area contributed by atoms with E-state index >= 15 is 0 Å². The van der Waals surface area contributed by atoms with Crippen LogP contribution in [0.2, 0.25) is 0 Å². The highest BCUT2D eigenvalue weighted by Gasteiger charge is 2.61. The largest absolute Gasteiger partial charge is 0.497 e. The van der Waals surface area contributed by atoms with Gasteiger partial charge in [-0.2, -0.15) is 4.80 Å². The van der Waals surface area contributed by atoms with E-state index in [2.05, 4.69) is 30.8 Å². The lowest BCUT2D eigenvalue weighted by atomic mass is 10.0. The van der Waals surface area contributed by atoms with Crippen molar-refractivity contribution < 1.29 is 37.1 Å². The van der Waals surface area contributed by atoms with Gasteiger partial charge in [0.05, 0.1) is 13.2 Å². The van der Waals surface area contributed by atoms with E-state index in [0.29, 0.717) is 36.4 Å². The van der Waals surface area contributed by atoms with E-state index in [-0.39, 0.29) is 29.7 Å². The second kappa shape index (κ2) is 15.9. The number of tetrazole rings is 1. The molecule has 18 heteroatoms. The summed E-state index contributed by atoms with van der Waals surface area (Å²) in [7, 11) is -2.62. The highest BCUT2D eigenvalue weighted by molar-refractivity contribution is 7.92. The summed E-state index contributed by atoms with van der Waals surface area (Å²) in [5.41, 5.74) is -0.868. The van der Waals surface area contributed by atoms with Crippen molar-refractivity contribution in [1.82, 2.24) is 40.5 Å². The molecule has 2 aliphatic heterocycles.